The molecule has 0 saturated heterocycles. The summed E-state index contributed by atoms with van der Waals surface area (Å²) in [7, 11) is 0. The van der Waals surface area contributed by atoms with Gasteiger partial charge in [-0.05, 0) is 50.6 Å². The van der Waals surface area contributed by atoms with Crippen LogP contribution < -0.4 is 5.56 Å². The van der Waals surface area contributed by atoms with Crippen LogP contribution in [0.3, 0.4) is 0 Å². The molecule has 170 valence electrons. The third-order valence-corrected chi connectivity index (χ3v) is 6.19. The second-order valence-electron chi connectivity index (χ2n) is 8.43. The van der Waals surface area contributed by atoms with Gasteiger partial charge in [-0.15, -0.1) is 0 Å². The molecule has 0 radical (unpaired) electrons. The number of H-pyrrole nitrogens is 1. The van der Waals surface area contributed by atoms with Crippen molar-refractivity contribution in [2.24, 2.45) is 0 Å². The number of Topliss-reactive ketones (excluding diaryl/α,β-unsaturated/α-hetero) is 1. The predicted octanol–water partition coefficient (Wildman–Crippen LogP) is 4.29. The number of aromatic nitrogens is 3. The van der Waals surface area contributed by atoms with E-state index in [4.69, 9.17) is 0 Å². The van der Waals surface area contributed by atoms with Crippen LogP contribution in [0.25, 0.3) is 10.9 Å². The molecule has 0 atom stereocenters. The van der Waals surface area contributed by atoms with Crippen molar-refractivity contribution in [1.29, 1.82) is 0 Å². The normalized spacial score (nSPS) is 11.4. The van der Waals surface area contributed by atoms with Crippen LogP contribution in [0.2, 0.25) is 0 Å². The first kappa shape index (κ1) is 22.7. The van der Waals surface area contributed by atoms with Gasteiger partial charge in [0.25, 0.3) is 5.56 Å². The van der Waals surface area contributed by atoms with Crippen molar-refractivity contribution < 1.29 is 4.79 Å². The zero-order chi connectivity index (χ0) is 23.4. The lowest BCUT2D eigenvalue weighted by Gasteiger charge is -2.19. The average Bonchev–Trinajstić information content (AvgIpc) is 3.11. The average molecular weight is 443 g/mol. The van der Waals surface area contributed by atoms with Crippen LogP contribution in [0.15, 0.2) is 65.5 Å². The maximum Gasteiger partial charge on any atom is 0.258 e. The third-order valence-electron chi connectivity index (χ3n) is 6.19. The van der Waals surface area contributed by atoms with Crippen LogP contribution in [0.1, 0.15) is 40.1 Å². The Hall–Kier alpha value is -3.51. The SMILES string of the molecule is CCN(CC(=O)c1cc(C)n(CCc2ccccc2)c1C)Cc1nc2ccccc2c(=O)[nH]1. The standard InChI is InChI=1S/C27H30N4O2/c1-4-30(18-26-28-24-13-9-8-12-22(24)27(33)29-26)17-25(32)23-16-19(2)31(20(23)3)15-14-21-10-6-5-7-11-21/h5-13,16H,4,14-15,17-18H2,1-3H3,(H,28,29,33). The van der Waals surface area contributed by atoms with E-state index in [0.29, 0.717) is 29.8 Å². The Balaban J connectivity index is 1.47. The topological polar surface area (TPSA) is 71.0 Å². The van der Waals surface area contributed by atoms with E-state index < -0.39 is 0 Å². The minimum atomic E-state index is -0.153. The molecule has 0 aliphatic rings. The van der Waals surface area contributed by atoms with Crippen LogP contribution in [0.4, 0.5) is 0 Å². The summed E-state index contributed by atoms with van der Waals surface area (Å²) in [6.45, 7) is 8.28. The molecule has 1 N–H and O–H groups in total. The first-order valence-corrected chi connectivity index (χ1v) is 11.4. The van der Waals surface area contributed by atoms with E-state index in [9.17, 15) is 9.59 Å². The molecule has 0 spiro atoms. The lowest BCUT2D eigenvalue weighted by atomic mass is 10.1. The highest BCUT2D eigenvalue weighted by Gasteiger charge is 2.19. The lowest BCUT2D eigenvalue weighted by Crippen LogP contribution is -2.31. The number of aryl methyl sites for hydroxylation is 2. The minimum absolute atomic E-state index is 0.0825. The maximum absolute atomic E-state index is 13.2. The number of hydrogen-bond donors (Lipinski definition) is 1. The highest BCUT2D eigenvalue weighted by atomic mass is 16.1. The molecule has 0 unspecified atom stereocenters. The molecule has 2 aromatic heterocycles. The highest BCUT2D eigenvalue weighted by molar-refractivity contribution is 5.99. The van der Waals surface area contributed by atoms with Crippen LogP contribution >= 0.6 is 0 Å². The van der Waals surface area contributed by atoms with E-state index >= 15 is 0 Å². The molecule has 2 aromatic carbocycles. The zero-order valence-corrected chi connectivity index (χ0v) is 19.5. The predicted molar refractivity (Wildman–Crippen MR) is 132 cm³/mol. The molecule has 0 aliphatic carbocycles. The Labute approximate surface area is 193 Å². The molecule has 33 heavy (non-hydrogen) atoms. The molecule has 0 saturated carbocycles. The number of hydrogen-bond acceptors (Lipinski definition) is 4. The van der Waals surface area contributed by atoms with Gasteiger partial charge >= 0.3 is 0 Å². The Morgan fingerprint density at radius 2 is 1.79 bits per heavy atom. The quantitative estimate of drug-likeness (QED) is 0.393. The van der Waals surface area contributed by atoms with Crippen LogP contribution in [-0.2, 0) is 19.5 Å². The molecule has 0 amide bonds. The number of aromatic amines is 1. The minimum Gasteiger partial charge on any atom is -0.348 e. The Morgan fingerprint density at radius 1 is 1.06 bits per heavy atom. The fourth-order valence-corrected chi connectivity index (χ4v) is 4.30. The van der Waals surface area contributed by atoms with Gasteiger partial charge in [0.1, 0.15) is 5.82 Å². The van der Waals surface area contributed by atoms with E-state index in [1.165, 1.54) is 5.56 Å². The maximum atomic E-state index is 13.2. The Morgan fingerprint density at radius 3 is 2.55 bits per heavy atom. The number of benzene rings is 2. The van der Waals surface area contributed by atoms with Crippen molar-refractivity contribution in [2.75, 3.05) is 13.1 Å². The number of fused-ring (bicyclic) bond motifs is 1. The number of rotatable bonds is 9. The van der Waals surface area contributed by atoms with E-state index in [2.05, 4.69) is 45.7 Å². The van der Waals surface area contributed by atoms with Crippen molar-refractivity contribution in [3.8, 4) is 0 Å². The Bertz CT molecular complexity index is 1320. The second-order valence-corrected chi connectivity index (χ2v) is 8.43. The molecule has 4 aromatic rings. The third kappa shape index (κ3) is 5.12. The highest BCUT2D eigenvalue weighted by Crippen LogP contribution is 2.18. The second kappa shape index (κ2) is 9.96. The van der Waals surface area contributed by atoms with E-state index in [0.717, 1.165) is 29.9 Å². The number of ketones is 1. The number of carbonyl (C=O) groups excluding carboxylic acids is 1. The summed E-state index contributed by atoms with van der Waals surface area (Å²) in [5.41, 5.74) is 4.66. The molecule has 0 fully saturated rings. The summed E-state index contributed by atoms with van der Waals surface area (Å²) in [6.07, 6.45) is 0.924. The van der Waals surface area contributed by atoms with Crippen molar-refractivity contribution in [2.45, 2.75) is 40.3 Å². The molecule has 6 nitrogen and oxygen atoms in total. The van der Waals surface area contributed by atoms with E-state index in [1.807, 2.05) is 49.1 Å². The fraction of sp³-hybridized carbons (Fsp3) is 0.296. The molecule has 0 bridgehead atoms. The molecule has 6 heteroatoms. The summed E-state index contributed by atoms with van der Waals surface area (Å²) in [6, 6.07) is 19.7. The first-order valence-electron chi connectivity index (χ1n) is 11.4. The number of nitrogens with zero attached hydrogens (tertiary/aromatic N) is 3. The first-order chi connectivity index (χ1) is 16.0. The van der Waals surface area contributed by atoms with E-state index in [1.54, 1.807) is 6.07 Å². The number of carbonyl (C=O) groups is 1. The van der Waals surface area contributed by atoms with Crippen molar-refractivity contribution in [3.63, 3.8) is 0 Å². The van der Waals surface area contributed by atoms with Gasteiger partial charge < -0.3 is 9.55 Å². The largest absolute Gasteiger partial charge is 0.348 e. The van der Waals surface area contributed by atoms with Crippen molar-refractivity contribution in [1.82, 2.24) is 19.4 Å². The van der Waals surface area contributed by atoms with Crippen molar-refractivity contribution in [3.05, 3.63) is 99.4 Å². The van der Waals surface area contributed by atoms with Gasteiger partial charge in [-0.1, -0.05) is 49.4 Å². The summed E-state index contributed by atoms with van der Waals surface area (Å²) in [5, 5.41) is 0.573. The van der Waals surface area contributed by atoms with Crippen LogP contribution in [-0.4, -0.2) is 38.3 Å². The number of nitrogens with one attached hydrogen (secondary N) is 1. The molecular weight excluding hydrogens is 412 g/mol. The molecule has 2 heterocycles. The van der Waals surface area contributed by atoms with Crippen LogP contribution in [0.5, 0.6) is 0 Å². The summed E-state index contributed by atoms with van der Waals surface area (Å²) in [4.78, 5) is 35.0. The van der Waals surface area contributed by atoms with Gasteiger partial charge in [0.05, 0.1) is 24.0 Å². The molecular formula is C27H30N4O2. The monoisotopic (exact) mass is 442 g/mol. The van der Waals surface area contributed by atoms with E-state index in [-0.39, 0.29) is 17.9 Å². The summed E-state index contributed by atoms with van der Waals surface area (Å²) in [5.74, 6) is 0.653. The number of likely N-dealkylation sites (N-methyl/N-ethyl adjacent to an activating group) is 1. The molecule has 4 rings (SSSR count). The van der Waals surface area contributed by atoms with Crippen molar-refractivity contribution >= 4 is 16.7 Å². The van der Waals surface area contributed by atoms with Gasteiger partial charge in [0.15, 0.2) is 5.78 Å². The summed E-state index contributed by atoms with van der Waals surface area (Å²) < 4.78 is 2.22. The smallest absolute Gasteiger partial charge is 0.258 e. The molecule has 0 aliphatic heterocycles. The Kier molecular flexibility index (Phi) is 6.84. The van der Waals surface area contributed by atoms with Gasteiger partial charge in [-0.3, -0.25) is 14.5 Å². The van der Waals surface area contributed by atoms with Gasteiger partial charge in [0.2, 0.25) is 0 Å². The number of para-hydroxylation sites is 1. The van der Waals surface area contributed by atoms with Gasteiger partial charge in [-0.25, -0.2) is 4.98 Å². The zero-order valence-electron chi connectivity index (χ0n) is 19.5. The fourth-order valence-electron chi connectivity index (χ4n) is 4.30. The van der Waals surface area contributed by atoms with Gasteiger partial charge in [0, 0.05) is 23.5 Å². The lowest BCUT2D eigenvalue weighted by molar-refractivity contribution is 0.0927. The van der Waals surface area contributed by atoms with Crippen LogP contribution in [0, 0.1) is 13.8 Å². The summed E-state index contributed by atoms with van der Waals surface area (Å²) >= 11 is 0. The van der Waals surface area contributed by atoms with Gasteiger partial charge in [-0.2, -0.15) is 0 Å².